The number of nitrogens with zero attached hydrogens (tertiary/aromatic N) is 1. The molecule has 8 nitrogen and oxygen atoms in total. The molecule has 2 aromatic carbocycles. The van der Waals surface area contributed by atoms with Gasteiger partial charge in [-0.05, 0) is 54.8 Å². The largest absolute Gasteiger partial charge is 0.490 e. The molecule has 0 atom stereocenters. The predicted octanol–water partition coefficient (Wildman–Crippen LogP) is 4.87. The smallest absolute Gasteiger partial charge is 0.415 e. The second kappa shape index (κ2) is 11.7. The molecule has 1 saturated carbocycles. The number of anilines is 1. The van der Waals surface area contributed by atoms with Gasteiger partial charge in [-0.2, -0.15) is 0 Å². The lowest BCUT2D eigenvalue weighted by Gasteiger charge is -2.31. The number of rotatable bonds is 7. The van der Waals surface area contributed by atoms with Crippen LogP contribution in [0.3, 0.4) is 0 Å². The summed E-state index contributed by atoms with van der Waals surface area (Å²) in [6.45, 7) is 1.05. The number of hydrogen-bond donors (Lipinski definition) is 2. The molecule has 35 heavy (non-hydrogen) atoms. The first kappa shape index (κ1) is 24.6. The maximum absolute atomic E-state index is 12.6. The van der Waals surface area contributed by atoms with Crippen molar-refractivity contribution >= 4 is 23.7 Å². The number of piperidine rings is 1. The molecule has 1 aliphatic carbocycles. The number of carboxylic acids is 1. The van der Waals surface area contributed by atoms with Gasteiger partial charge in [0.05, 0.1) is 6.42 Å². The molecule has 2 aliphatic rings. The van der Waals surface area contributed by atoms with Crippen molar-refractivity contribution in [1.82, 2.24) is 4.90 Å². The minimum Gasteiger partial charge on any atom is -0.490 e. The van der Waals surface area contributed by atoms with Gasteiger partial charge in [-0.15, -0.1) is 0 Å². The number of ether oxygens (including phenoxy) is 2. The van der Waals surface area contributed by atoms with Crippen LogP contribution in [-0.4, -0.2) is 47.2 Å². The number of nitrogens with one attached hydrogen (secondary N) is 1. The summed E-state index contributed by atoms with van der Waals surface area (Å²) >= 11 is 0. The zero-order valence-electron chi connectivity index (χ0n) is 19.8. The van der Waals surface area contributed by atoms with Gasteiger partial charge in [0, 0.05) is 37.5 Å². The molecule has 0 radical (unpaired) electrons. The molecule has 0 bridgehead atoms. The highest BCUT2D eigenvalue weighted by Crippen LogP contribution is 2.26. The molecular formula is C27H32N2O6. The first-order chi connectivity index (χ1) is 17.0. The van der Waals surface area contributed by atoms with Gasteiger partial charge in [-0.1, -0.05) is 31.4 Å². The summed E-state index contributed by atoms with van der Waals surface area (Å²) in [5.41, 5.74) is 1.43. The van der Waals surface area contributed by atoms with Crippen LogP contribution in [0.15, 0.2) is 48.5 Å². The third kappa shape index (κ3) is 7.21. The van der Waals surface area contributed by atoms with Crippen LogP contribution in [0.2, 0.25) is 0 Å². The highest BCUT2D eigenvalue weighted by molar-refractivity contribution is 5.92. The summed E-state index contributed by atoms with van der Waals surface area (Å²) in [5, 5.41) is 11.8. The lowest BCUT2D eigenvalue weighted by Crippen LogP contribution is -2.43. The lowest BCUT2D eigenvalue weighted by molar-refractivity contribution is -0.136. The number of carbonyl (C=O) groups is 3. The van der Waals surface area contributed by atoms with E-state index in [1.54, 1.807) is 53.4 Å². The van der Waals surface area contributed by atoms with Crippen LogP contribution in [0.4, 0.5) is 10.5 Å². The summed E-state index contributed by atoms with van der Waals surface area (Å²) in [4.78, 5) is 37.4. The quantitative estimate of drug-likeness (QED) is 0.586. The van der Waals surface area contributed by atoms with Crippen LogP contribution in [0.5, 0.6) is 11.5 Å². The van der Waals surface area contributed by atoms with Crippen LogP contribution in [0.25, 0.3) is 0 Å². The van der Waals surface area contributed by atoms with Crippen molar-refractivity contribution in [1.29, 1.82) is 0 Å². The van der Waals surface area contributed by atoms with Crippen LogP contribution < -0.4 is 14.8 Å². The van der Waals surface area contributed by atoms with Gasteiger partial charge in [-0.3, -0.25) is 9.59 Å². The molecule has 8 heteroatoms. The second-order valence-corrected chi connectivity index (χ2v) is 9.24. The standard InChI is InChI=1S/C27H32N2O6/c30-25(31)18-19-6-10-22(11-7-19)34-24-14-16-29(17-15-24)27(33)35-23-12-8-21(9-13-23)28-26(32)20-4-2-1-3-5-20/h6-13,20,24H,1-5,14-18H2,(H,28,32)(H,30,31). The Morgan fingerprint density at radius 2 is 1.49 bits per heavy atom. The van der Waals surface area contributed by atoms with E-state index in [9.17, 15) is 14.4 Å². The molecular weight excluding hydrogens is 448 g/mol. The van der Waals surface area contributed by atoms with Crippen LogP contribution in [-0.2, 0) is 16.0 Å². The fourth-order valence-electron chi connectivity index (χ4n) is 4.59. The molecule has 186 valence electrons. The van der Waals surface area contributed by atoms with E-state index in [2.05, 4.69) is 5.32 Å². The SMILES string of the molecule is O=C(O)Cc1ccc(OC2CCN(C(=O)Oc3ccc(NC(=O)C4CCCCC4)cc3)CC2)cc1. The third-order valence-electron chi connectivity index (χ3n) is 6.58. The molecule has 1 aliphatic heterocycles. The zero-order chi connectivity index (χ0) is 24.6. The maximum atomic E-state index is 12.6. The Bertz CT molecular complexity index is 1010. The Labute approximate surface area is 205 Å². The molecule has 0 unspecified atom stereocenters. The van der Waals surface area contributed by atoms with Gasteiger partial charge in [0.15, 0.2) is 0 Å². The Morgan fingerprint density at radius 3 is 2.11 bits per heavy atom. The monoisotopic (exact) mass is 480 g/mol. The fraction of sp³-hybridized carbons (Fsp3) is 0.444. The third-order valence-corrected chi connectivity index (χ3v) is 6.58. The highest BCUT2D eigenvalue weighted by atomic mass is 16.6. The van der Waals surface area contributed by atoms with Gasteiger partial charge >= 0.3 is 12.1 Å². The van der Waals surface area contributed by atoms with Crippen LogP contribution >= 0.6 is 0 Å². The van der Waals surface area contributed by atoms with E-state index < -0.39 is 12.1 Å². The topological polar surface area (TPSA) is 105 Å². The summed E-state index contributed by atoms with van der Waals surface area (Å²) < 4.78 is 11.5. The van der Waals surface area contributed by atoms with Crippen molar-refractivity contribution in [2.24, 2.45) is 5.92 Å². The molecule has 2 aromatic rings. The molecule has 1 heterocycles. The average molecular weight is 481 g/mol. The summed E-state index contributed by atoms with van der Waals surface area (Å²) in [7, 11) is 0. The molecule has 2 N–H and O–H groups in total. The number of benzene rings is 2. The molecule has 1 saturated heterocycles. The van der Waals surface area contributed by atoms with Crippen molar-refractivity contribution in [3.63, 3.8) is 0 Å². The first-order valence-electron chi connectivity index (χ1n) is 12.3. The van der Waals surface area contributed by atoms with Crippen LogP contribution in [0, 0.1) is 5.92 Å². The number of likely N-dealkylation sites (tertiary alicyclic amines) is 1. The Kier molecular flexibility index (Phi) is 8.23. The van der Waals surface area contributed by atoms with Crippen molar-refractivity contribution in [3.05, 3.63) is 54.1 Å². The van der Waals surface area contributed by atoms with Gasteiger partial charge < -0.3 is 24.8 Å². The van der Waals surface area contributed by atoms with E-state index in [0.717, 1.165) is 31.2 Å². The fourth-order valence-corrected chi connectivity index (χ4v) is 4.59. The normalized spacial score (nSPS) is 17.0. The predicted molar refractivity (Wildman–Crippen MR) is 131 cm³/mol. The van der Waals surface area contributed by atoms with Gasteiger partial charge in [-0.25, -0.2) is 4.79 Å². The van der Waals surface area contributed by atoms with E-state index in [4.69, 9.17) is 14.6 Å². The molecule has 0 aromatic heterocycles. The van der Waals surface area contributed by atoms with Crippen LogP contribution in [0.1, 0.15) is 50.5 Å². The molecule has 4 rings (SSSR count). The Hall–Kier alpha value is -3.55. The number of amides is 2. The van der Waals surface area contributed by atoms with E-state index in [1.165, 1.54) is 6.42 Å². The summed E-state index contributed by atoms with van der Waals surface area (Å²) in [6, 6.07) is 14.0. The molecule has 2 amide bonds. The second-order valence-electron chi connectivity index (χ2n) is 9.24. The summed E-state index contributed by atoms with van der Waals surface area (Å²) in [5.74, 6) is 0.414. The van der Waals surface area contributed by atoms with Crippen molar-refractivity contribution in [2.45, 2.75) is 57.5 Å². The molecule has 0 spiro atoms. The Morgan fingerprint density at radius 1 is 0.857 bits per heavy atom. The van der Waals surface area contributed by atoms with Gasteiger partial charge in [0.1, 0.15) is 17.6 Å². The van der Waals surface area contributed by atoms with E-state index in [1.807, 2.05) is 0 Å². The number of aliphatic carboxylic acids is 1. The van der Waals surface area contributed by atoms with E-state index in [0.29, 0.717) is 43.1 Å². The van der Waals surface area contributed by atoms with Gasteiger partial charge in [0.25, 0.3) is 0 Å². The van der Waals surface area contributed by atoms with E-state index >= 15 is 0 Å². The zero-order valence-corrected chi connectivity index (χ0v) is 19.8. The Balaban J connectivity index is 1.20. The first-order valence-corrected chi connectivity index (χ1v) is 12.3. The minimum absolute atomic E-state index is 0.0153. The maximum Gasteiger partial charge on any atom is 0.415 e. The minimum atomic E-state index is -0.865. The van der Waals surface area contributed by atoms with Crippen molar-refractivity contribution in [3.8, 4) is 11.5 Å². The number of carboxylic acid groups (broad SMARTS) is 1. The van der Waals surface area contributed by atoms with E-state index in [-0.39, 0.29) is 24.3 Å². The molecule has 2 fully saturated rings. The highest BCUT2D eigenvalue weighted by Gasteiger charge is 2.25. The lowest BCUT2D eigenvalue weighted by atomic mass is 9.88. The number of carbonyl (C=O) groups excluding carboxylic acids is 2. The summed E-state index contributed by atoms with van der Waals surface area (Å²) in [6.07, 6.45) is 6.24. The van der Waals surface area contributed by atoms with Gasteiger partial charge in [0.2, 0.25) is 5.91 Å². The number of hydrogen-bond acceptors (Lipinski definition) is 5. The van der Waals surface area contributed by atoms with Crippen molar-refractivity contribution in [2.75, 3.05) is 18.4 Å². The average Bonchev–Trinajstić information content (AvgIpc) is 2.87. The van der Waals surface area contributed by atoms with Crippen molar-refractivity contribution < 1.29 is 29.0 Å².